The summed E-state index contributed by atoms with van der Waals surface area (Å²) in [6, 6.07) is 12.0. The van der Waals surface area contributed by atoms with Crippen LogP contribution in [0, 0.1) is 6.92 Å². The van der Waals surface area contributed by atoms with Gasteiger partial charge in [-0.1, -0.05) is 29.8 Å². The average Bonchev–Trinajstić information content (AvgIpc) is 2.70. The molecule has 0 atom stereocenters. The van der Waals surface area contributed by atoms with Crippen LogP contribution in [0.5, 0.6) is 0 Å². The van der Waals surface area contributed by atoms with Crippen LogP contribution in [0.4, 0.5) is 5.69 Å². The van der Waals surface area contributed by atoms with E-state index in [-0.39, 0.29) is 24.6 Å². The lowest BCUT2D eigenvalue weighted by Gasteiger charge is -2.15. The zero-order chi connectivity index (χ0) is 21.0. The number of para-hydroxylation sites is 1. The molecule has 29 heavy (non-hydrogen) atoms. The number of amides is 1. The molecular formula is C21H22ClN3O4. The van der Waals surface area contributed by atoms with Crippen LogP contribution in [0.1, 0.15) is 12.0 Å². The second-order valence-corrected chi connectivity index (χ2v) is 7.13. The van der Waals surface area contributed by atoms with Gasteiger partial charge >= 0.3 is 5.69 Å². The number of ether oxygens (including phenoxy) is 1. The fourth-order valence-electron chi connectivity index (χ4n) is 3.15. The Morgan fingerprint density at radius 3 is 2.66 bits per heavy atom. The number of fused-ring (bicyclic) bond motifs is 1. The molecule has 0 aliphatic rings. The van der Waals surface area contributed by atoms with Gasteiger partial charge in [0.2, 0.25) is 5.91 Å². The van der Waals surface area contributed by atoms with Crippen molar-refractivity contribution in [3.8, 4) is 0 Å². The maximum absolute atomic E-state index is 13.0. The number of nitrogens with zero attached hydrogens (tertiary/aromatic N) is 2. The van der Waals surface area contributed by atoms with Gasteiger partial charge in [0.15, 0.2) is 0 Å². The summed E-state index contributed by atoms with van der Waals surface area (Å²) in [4.78, 5) is 38.4. The highest BCUT2D eigenvalue weighted by Crippen LogP contribution is 2.20. The minimum Gasteiger partial charge on any atom is -0.385 e. The minimum absolute atomic E-state index is 0.214. The zero-order valence-electron chi connectivity index (χ0n) is 16.3. The summed E-state index contributed by atoms with van der Waals surface area (Å²) in [5.41, 5.74) is 0.952. The van der Waals surface area contributed by atoms with Crippen LogP contribution in [-0.4, -0.2) is 28.8 Å². The molecule has 8 heteroatoms. The Labute approximate surface area is 172 Å². The summed E-state index contributed by atoms with van der Waals surface area (Å²) in [5.74, 6) is -0.385. The first-order chi connectivity index (χ1) is 13.9. The fraction of sp³-hybridized carbons (Fsp3) is 0.286. The Kier molecular flexibility index (Phi) is 6.51. The summed E-state index contributed by atoms with van der Waals surface area (Å²) in [5, 5.41) is 3.67. The van der Waals surface area contributed by atoms with Crippen molar-refractivity contribution in [2.75, 3.05) is 19.0 Å². The number of anilines is 1. The SMILES string of the molecule is COCCCn1c(=O)c2ccccc2n(CC(=O)Nc2cc(Cl)ccc2C)c1=O. The smallest absolute Gasteiger partial charge is 0.331 e. The molecule has 1 heterocycles. The van der Waals surface area contributed by atoms with Gasteiger partial charge in [0.05, 0.1) is 10.9 Å². The minimum atomic E-state index is -0.525. The number of aryl methyl sites for hydroxylation is 1. The Morgan fingerprint density at radius 1 is 1.14 bits per heavy atom. The topological polar surface area (TPSA) is 82.3 Å². The third kappa shape index (κ3) is 4.58. The monoisotopic (exact) mass is 415 g/mol. The van der Waals surface area contributed by atoms with Gasteiger partial charge in [-0.3, -0.25) is 18.7 Å². The molecule has 0 aliphatic carbocycles. The van der Waals surface area contributed by atoms with Crippen LogP contribution in [0.25, 0.3) is 10.9 Å². The van der Waals surface area contributed by atoms with Gasteiger partial charge in [0.1, 0.15) is 6.54 Å². The van der Waals surface area contributed by atoms with Crippen molar-refractivity contribution in [3.05, 3.63) is 73.9 Å². The quantitative estimate of drug-likeness (QED) is 0.601. The molecule has 1 aromatic heterocycles. The highest BCUT2D eigenvalue weighted by molar-refractivity contribution is 6.31. The molecule has 0 saturated carbocycles. The van der Waals surface area contributed by atoms with Gasteiger partial charge in [0.25, 0.3) is 5.56 Å². The van der Waals surface area contributed by atoms with Gasteiger partial charge in [-0.25, -0.2) is 4.79 Å². The molecule has 0 unspecified atom stereocenters. The Bertz CT molecular complexity index is 1170. The highest BCUT2D eigenvalue weighted by atomic mass is 35.5. The van der Waals surface area contributed by atoms with E-state index in [0.29, 0.717) is 34.6 Å². The van der Waals surface area contributed by atoms with Crippen molar-refractivity contribution in [2.45, 2.75) is 26.4 Å². The van der Waals surface area contributed by atoms with Crippen LogP contribution >= 0.6 is 11.6 Å². The number of methoxy groups -OCH3 is 1. The van der Waals surface area contributed by atoms with Crippen molar-refractivity contribution >= 4 is 34.1 Å². The lowest BCUT2D eigenvalue weighted by Crippen LogP contribution is -2.42. The number of hydrogen-bond donors (Lipinski definition) is 1. The van der Waals surface area contributed by atoms with Gasteiger partial charge in [-0.2, -0.15) is 0 Å². The number of rotatable bonds is 7. The first kappa shape index (κ1) is 20.8. The van der Waals surface area contributed by atoms with Crippen LogP contribution in [0.3, 0.4) is 0 Å². The standard InChI is InChI=1S/C21H22ClN3O4/c1-14-8-9-15(22)12-17(14)23-19(26)13-25-18-7-4-3-6-16(18)20(27)24(21(25)28)10-5-11-29-2/h3-4,6-9,12H,5,10-11,13H2,1-2H3,(H,23,26). The van der Waals surface area contributed by atoms with Crippen LogP contribution in [-0.2, 0) is 22.6 Å². The molecule has 1 N–H and O–H groups in total. The summed E-state index contributed by atoms with van der Waals surface area (Å²) >= 11 is 6.01. The normalized spacial score (nSPS) is 11.0. The van der Waals surface area contributed by atoms with Crippen LogP contribution < -0.4 is 16.6 Å². The van der Waals surface area contributed by atoms with E-state index in [0.717, 1.165) is 10.1 Å². The second-order valence-electron chi connectivity index (χ2n) is 6.70. The molecular weight excluding hydrogens is 394 g/mol. The van der Waals surface area contributed by atoms with E-state index >= 15 is 0 Å². The van der Waals surface area contributed by atoms with E-state index < -0.39 is 5.69 Å². The van der Waals surface area contributed by atoms with E-state index in [4.69, 9.17) is 16.3 Å². The van der Waals surface area contributed by atoms with Crippen LogP contribution in [0.15, 0.2) is 52.1 Å². The molecule has 152 valence electrons. The van der Waals surface area contributed by atoms with Crippen molar-refractivity contribution in [2.24, 2.45) is 0 Å². The number of hydrogen-bond acceptors (Lipinski definition) is 4. The van der Waals surface area contributed by atoms with E-state index in [1.54, 1.807) is 49.6 Å². The summed E-state index contributed by atoms with van der Waals surface area (Å²) < 4.78 is 7.48. The fourth-order valence-corrected chi connectivity index (χ4v) is 3.32. The van der Waals surface area contributed by atoms with Crippen molar-refractivity contribution < 1.29 is 9.53 Å². The van der Waals surface area contributed by atoms with Crippen molar-refractivity contribution in [1.29, 1.82) is 0 Å². The molecule has 0 radical (unpaired) electrons. The van der Waals surface area contributed by atoms with E-state index in [1.165, 1.54) is 4.57 Å². The van der Waals surface area contributed by atoms with Gasteiger partial charge in [-0.05, 0) is 43.2 Å². The van der Waals surface area contributed by atoms with Gasteiger partial charge < -0.3 is 10.1 Å². The number of carbonyl (C=O) groups excluding carboxylic acids is 1. The summed E-state index contributed by atoms with van der Waals surface area (Å²) in [6.45, 7) is 2.26. The number of nitrogens with one attached hydrogen (secondary N) is 1. The van der Waals surface area contributed by atoms with Gasteiger partial charge in [0, 0.05) is 31.0 Å². The Balaban J connectivity index is 1.99. The number of carbonyl (C=O) groups is 1. The molecule has 0 bridgehead atoms. The van der Waals surface area contributed by atoms with Crippen molar-refractivity contribution in [3.63, 3.8) is 0 Å². The van der Waals surface area contributed by atoms with E-state index in [2.05, 4.69) is 5.32 Å². The number of halogens is 1. The molecule has 7 nitrogen and oxygen atoms in total. The number of benzene rings is 2. The molecule has 3 aromatic rings. The molecule has 1 amide bonds. The predicted molar refractivity (Wildman–Crippen MR) is 114 cm³/mol. The summed E-state index contributed by atoms with van der Waals surface area (Å²) in [6.07, 6.45) is 0.512. The third-order valence-corrected chi connectivity index (χ3v) is 4.87. The number of aromatic nitrogens is 2. The first-order valence-electron chi connectivity index (χ1n) is 9.19. The first-order valence-corrected chi connectivity index (χ1v) is 9.57. The molecule has 0 saturated heterocycles. The molecule has 0 aliphatic heterocycles. The maximum Gasteiger partial charge on any atom is 0.331 e. The zero-order valence-corrected chi connectivity index (χ0v) is 17.0. The van der Waals surface area contributed by atoms with E-state index in [1.807, 2.05) is 6.92 Å². The molecule has 0 spiro atoms. The molecule has 0 fully saturated rings. The maximum atomic E-state index is 13.0. The summed E-state index contributed by atoms with van der Waals surface area (Å²) in [7, 11) is 1.56. The second kappa shape index (κ2) is 9.07. The van der Waals surface area contributed by atoms with Crippen molar-refractivity contribution in [1.82, 2.24) is 9.13 Å². The highest BCUT2D eigenvalue weighted by Gasteiger charge is 2.15. The molecule has 3 rings (SSSR count). The van der Waals surface area contributed by atoms with E-state index in [9.17, 15) is 14.4 Å². The molecule has 2 aromatic carbocycles. The lowest BCUT2D eigenvalue weighted by atomic mass is 10.2. The van der Waals surface area contributed by atoms with Crippen LogP contribution in [0.2, 0.25) is 5.02 Å². The Morgan fingerprint density at radius 2 is 1.90 bits per heavy atom. The largest absolute Gasteiger partial charge is 0.385 e. The Hall–Kier alpha value is -2.90. The lowest BCUT2D eigenvalue weighted by molar-refractivity contribution is -0.116. The average molecular weight is 416 g/mol. The third-order valence-electron chi connectivity index (χ3n) is 4.64. The predicted octanol–water partition coefficient (Wildman–Crippen LogP) is 2.80. The van der Waals surface area contributed by atoms with Gasteiger partial charge in [-0.15, -0.1) is 0 Å².